The number of methoxy groups -OCH3 is 1. The topological polar surface area (TPSA) is 56.1 Å². The molecule has 4 rings (SSSR count). The normalized spacial score (nSPS) is 16.1. The Morgan fingerprint density at radius 3 is 2.85 bits per heavy atom. The van der Waals surface area contributed by atoms with Gasteiger partial charge in [-0.05, 0) is 72.3 Å². The fourth-order valence-corrected chi connectivity index (χ4v) is 4.56. The Morgan fingerprint density at radius 1 is 1.22 bits per heavy atom. The summed E-state index contributed by atoms with van der Waals surface area (Å²) in [5, 5.41) is 15.0. The Morgan fingerprint density at radius 2 is 2.07 bits per heavy atom. The molecule has 6 nitrogen and oxygen atoms in total. The molecule has 0 aliphatic carbocycles. The maximum absolute atomic E-state index is 5.48. The number of benzene rings is 1. The van der Waals surface area contributed by atoms with E-state index in [1.165, 1.54) is 10.4 Å². The van der Waals surface area contributed by atoms with E-state index in [-0.39, 0.29) is 11.6 Å². The summed E-state index contributed by atoms with van der Waals surface area (Å²) in [5.74, 6) is 1.72. The highest BCUT2D eigenvalue weighted by atomic mass is 32.1. The highest BCUT2D eigenvalue weighted by Gasteiger charge is 2.33. The van der Waals surface area contributed by atoms with Gasteiger partial charge in [0, 0.05) is 18.0 Å². The average Bonchev–Trinajstić information content (AvgIpc) is 3.31. The fraction of sp³-hybridized carbons (Fsp3) is 0.450. The molecular weight excluding hydrogens is 358 g/mol. The summed E-state index contributed by atoms with van der Waals surface area (Å²) in [4.78, 5) is 3.96. The van der Waals surface area contributed by atoms with Gasteiger partial charge in [0.1, 0.15) is 5.75 Å². The molecule has 1 aliphatic rings. The predicted octanol–water partition coefficient (Wildman–Crippen LogP) is 3.65. The first-order valence-electron chi connectivity index (χ1n) is 9.19. The zero-order valence-electron chi connectivity index (χ0n) is 16.2. The molecule has 2 aromatic heterocycles. The Hall–Kier alpha value is -2.25. The minimum atomic E-state index is -0.195. The van der Waals surface area contributed by atoms with Crippen LogP contribution in [0.3, 0.4) is 0 Å². The molecule has 27 heavy (non-hydrogen) atoms. The van der Waals surface area contributed by atoms with Crippen molar-refractivity contribution < 1.29 is 4.74 Å². The third-order valence-electron chi connectivity index (χ3n) is 4.99. The van der Waals surface area contributed by atoms with Gasteiger partial charge in [-0.15, -0.1) is 16.4 Å². The third kappa shape index (κ3) is 3.49. The van der Waals surface area contributed by atoms with Gasteiger partial charge in [-0.2, -0.15) is 0 Å². The van der Waals surface area contributed by atoms with Gasteiger partial charge in [0.2, 0.25) is 0 Å². The molecular formula is C20H25N5OS. The molecule has 3 heterocycles. The van der Waals surface area contributed by atoms with Gasteiger partial charge in [0.25, 0.3) is 0 Å². The highest BCUT2D eigenvalue weighted by molar-refractivity contribution is 7.10. The van der Waals surface area contributed by atoms with E-state index in [4.69, 9.17) is 4.74 Å². The first-order valence-corrected chi connectivity index (χ1v) is 10.1. The van der Waals surface area contributed by atoms with Crippen LogP contribution in [0.15, 0.2) is 35.7 Å². The molecule has 1 atom stereocenters. The van der Waals surface area contributed by atoms with Gasteiger partial charge in [-0.3, -0.25) is 4.90 Å². The van der Waals surface area contributed by atoms with E-state index in [0.29, 0.717) is 0 Å². The average molecular weight is 384 g/mol. The Bertz CT molecular complexity index is 926. The Balaban J connectivity index is 1.80. The molecule has 7 heteroatoms. The first-order chi connectivity index (χ1) is 13.0. The van der Waals surface area contributed by atoms with Crippen molar-refractivity contribution in [3.8, 4) is 5.75 Å². The predicted molar refractivity (Wildman–Crippen MR) is 106 cm³/mol. The molecule has 1 aromatic carbocycles. The van der Waals surface area contributed by atoms with E-state index >= 15 is 0 Å². The van der Waals surface area contributed by atoms with Crippen LogP contribution in [-0.4, -0.2) is 38.8 Å². The molecule has 0 saturated carbocycles. The second kappa shape index (κ2) is 7.05. The van der Waals surface area contributed by atoms with Crippen LogP contribution >= 0.6 is 11.3 Å². The quantitative estimate of drug-likeness (QED) is 0.688. The van der Waals surface area contributed by atoms with Gasteiger partial charge in [0.05, 0.1) is 18.7 Å². The lowest BCUT2D eigenvalue weighted by atomic mass is 9.99. The van der Waals surface area contributed by atoms with Crippen molar-refractivity contribution in [1.29, 1.82) is 0 Å². The summed E-state index contributed by atoms with van der Waals surface area (Å²) in [6.07, 6.45) is 1.06. The van der Waals surface area contributed by atoms with Crippen molar-refractivity contribution in [2.75, 3.05) is 13.7 Å². The van der Waals surface area contributed by atoms with Crippen LogP contribution < -0.4 is 4.74 Å². The second-order valence-corrected chi connectivity index (χ2v) is 8.89. The number of thiophene rings is 1. The number of ether oxygens (including phenoxy) is 1. The van der Waals surface area contributed by atoms with Crippen molar-refractivity contribution in [1.82, 2.24) is 25.1 Å². The van der Waals surface area contributed by atoms with E-state index in [0.717, 1.165) is 36.6 Å². The van der Waals surface area contributed by atoms with Crippen LogP contribution in [0.4, 0.5) is 0 Å². The number of aromatic nitrogens is 4. The number of fused-ring (bicyclic) bond motifs is 1. The molecule has 0 amide bonds. The third-order valence-corrected chi connectivity index (χ3v) is 6.01. The molecule has 0 spiro atoms. The second-order valence-electron chi connectivity index (χ2n) is 7.89. The number of hydrogen-bond donors (Lipinski definition) is 0. The van der Waals surface area contributed by atoms with Crippen molar-refractivity contribution in [3.63, 3.8) is 0 Å². The lowest BCUT2D eigenvalue weighted by molar-refractivity contribution is 0.186. The summed E-state index contributed by atoms with van der Waals surface area (Å²) in [6, 6.07) is 10.4. The minimum Gasteiger partial charge on any atom is -0.497 e. The van der Waals surface area contributed by atoms with Crippen molar-refractivity contribution in [2.24, 2.45) is 0 Å². The summed E-state index contributed by atoms with van der Waals surface area (Å²) >= 11 is 1.85. The van der Waals surface area contributed by atoms with Crippen molar-refractivity contribution in [2.45, 2.75) is 45.3 Å². The van der Waals surface area contributed by atoms with Crippen LogP contribution in [-0.2, 0) is 18.5 Å². The van der Waals surface area contributed by atoms with Crippen LogP contribution in [0.1, 0.15) is 48.6 Å². The van der Waals surface area contributed by atoms with Gasteiger partial charge < -0.3 is 4.74 Å². The van der Waals surface area contributed by atoms with Crippen LogP contribution in [0, 0.1) is 0 Å². The Kier molecular flexibility index (Phi) is 4.74. The molecule has 0 fully saturated rings. The van der Waals surface area contributed by atoms with E-state index in [1.54, 1.807) is 7.11 Å². The maximum atomic E-state index is 5.48. The number of nitrogens with zero attached hydrogens (tertiary/aromatic N) is 5. The molecule has 0 saturated heterocycles. The van der Waals surface area contributed by atoms with Crippen molar-refractivity contribution in [3.05, 3.63) is 57.5 Å². The van der Waals surface area contributed by atoms with Gasteiger partial charge in [0.15, 0.2) is 5.82 Å². The zero-order chi connectivity index (χ0) is 19.0. The van der Waals surface area contributed by atoms with Crippen LogP contribution in [0.5, 0.6) is 5.75 Å². The maximum Gasteiger partial charge on any atom is 0.173 e. The summed E-state index contributed by atoms with van der Waals surface area (Å²) in [6.45, 7) is 8.26. The lowest BCUT2D eigenvalue weighted by Gasteiger charge is -2.35. The number of hydrogen-bond acceptors (Lipinski definition) is 6. The Labute approximate surface area is 163 Å². The number of rotatable bonds is 4. The van der Waals surface area contributed by atoms with E-state index in [9.17, 15) is 0 Å². The van der Waals surface area contributed by atoms with Crippen LogP contribution in [0.25, 0.3) is 0 Å². The molecule has 0 radical (unpaired) electrons. The van der Waals surface area contributed by atoms with E-state index in [1.807, 2.05) is 28.2 Å². The number of tetrazole rings is 1. The minimum absolute atomic E-state index is 0.0256. The van der Waals surface area contributed by atoms with E-state index in [2.05, 4.69) is 64.8 Å². The highest BCUT2D eigenvalue weighted by Crippen LogP contribution is 2.35. The lowest BCUT2D eigenvalue weighted by Crippen LogP contribution is -2.37. The van der Waals surface area contributed by atoms with Gasteiger partial charge in [-0.1, -0.05) is 12.1 Å². The molecule has 0 N–H and O–H groups in total. The van der Waals surface area contributed by atoms with Gasteiger partial charge >= 0.3 is 0 Å². The molecule has 142 valence electrons. The monoisotopic (exact) mass is 383 g/mol. The zero-order valence-corrected chi connectivity index (χ0v) is 17.0. The molecule has 3 aromatic rings. The first kappa shape index (κ1) is 18.1. The standard InChI is InChI=1S/C20H25N5OS/c1-20(2,3)25-19(21-22-23-25)18(14-6-5-7-16(12-14)26-4)24-10-8-17-15(13-24)9-11-27-17/h5-7,9,11-12,18H,8,10,13H2,1-4H3. The SMILES string of the molecule is COc1cccc(C(c2nnnn2C(C)(C)C)N2CCc3sccc3C2)c1. The van der Waals surface area contributed by atoms with Crippen molar-refractivity contribution >= 4 is 11.3 Å². The smallest absolute Gasteiger partial charge is 0.173 e. The molecule has 0 bridgehead atoms. The van der Waals surface area contributed by atoms with Crippen LogP contribution in [0.2, 0.25) is 0 Å². The fourth-order valence-electron chi connectivity index (χ4n) is 3.67. The summed E-state index contributed by atoms with van der Waals surface area (Å²) in [7, 11) is 1.70. The largest absolute Gasteiger partial charge is 0.497 e. The summed E-state index contributed by atoms with van der Waals surface area (Å²) in [5.41, 5.74) is 2.36. The summed E-state index contributed by atoms with van der Waals surface area (Å²) < 4.78 is 7.42. The van der Waals surface area contributed by atoms with Gasteiger partial charge in [-0.25, -0.2) is 4.68 Å². The van der Waals surface area contributed by atoms with E-state index < -0.39 is 0 Å². The molecule has 1 aliphatic heterocycles. The molecule has 1 unspecified atom stereocenters.